The van der Waals surface area contributed by atoms with Gasteiger partial charge in [0.1, 0.15) is 12.0 Å². The summed E-state index contributed by atoms with van der Waals surface area (Å²) in [5, 5.41) is 6.02. The van der Waals surface area contributed by atoms with Crippen LogP contribution in [0.3, 0.4) is 0 Å². The number of aromatic amines is 1. The van der Waals surface area contributed by atoms with Gasteiger partial charge in [0.2, 0.25) is 5.82 Å². The zero-order chi connectivity index (χ0) is 18.0. The number of carbonyl (C=O) groups is 1. The number of hydrogen-bond acceptors (Lipinski definition) is 4. The van der Waals surface area contributed by atoms with Gasteiger partial charge in [-0.05, 0) is 18.2 Å². The number of hydrogen-bond donors (Lipinski definition) is 2. The molecule has 0 fully saturated rings. The first kappa shape index (κ1) is 16.4. The predicted molar refractivity (Wildman–Crippen MR) is 81.4 cm³/mol. The number of rotatable bonds is 3. The van der Waals surface area contributed by atoms with Crippen LogP contribution in [-0.4, -0.2) is 25.7 Å². The number of nitrogens with zero attached hydrogens (tertiary/aromatic N) is 3. The van der Waals surface area contributed by atoms with Gasteiger partial charge in [0, 0.05) is 6.20 Å². The maximum atomic E-state index is 12.7. The van der Waals surface area contributed by atoms with Crippen LogP contribution in [0.5, 0.6) is 0 Å². The summed E-state index contributed by atoms with van der Waals surface area (Å²) < 4.78 is 39.4. The number of H-pyrrole nitrogens is 1. The van der Waals surface area contributed by atoms with Crippen molar-refractivity contribution in [3.05, 3.63) is 70.7 Å². The maximum absolute atomic E-state index is 12.7. The van der Waals surface area contributed by atoms with Crippen molar-refractivity contribution >= 4 is 11.6 Å². The van der Waals surface area contributed by atoms with E-state index in [1.165, 1.54) is 11.0 Å². The van der Waals surface area contributed by atoms with E-state index in [9.17, 15) is 22.8 Å². The summed E-state index contributed by atoms with van der Waals surface area (Å²) in [6, 6.07) is 9.33. The van der Waals surface area contributed by atoms with Gasteiger partial charge < -0.3 is 10.3 Å². The van der Waals surface area contributed by atoms with Crippen molar-refractivity contribution in [3.63, 3.8) is 0 Å². The van der Waals surface area contributed by atoms with E-state index in [1.807, 2.05) is 4.98 Å². The smallest absolute Gasteiger partial charge is 0.327 e. The van der Waals surface area contributed by atoms with Gasteiger partial charge in [0.05, 0.1) is 11.3 Å². The summed E-state index contributed by atoms with van der Waals surface area (Å²) in [5.41, 5.74) is -1.86. The molecule has 2 N–H and O–H groups in total. The molecule has 0 spiro atoms. The van der Waals surface area contributed by atoms with Crippen LogP contribution in [0.25, 0.3) is 5.69 Å². The van der Waals surface area contributed by atoms with Crippen LogP contribution in [-0.2, 0) is 6.18 Å². The monoisotopic (exact) mass is 349 g/mol. The number of anilines is 1. The Morgan fingerprint density at radius 2 is 1.92 bits per heavy atom. The van der Waals surface area contributed by atoms with E-state index in [1.54, 1.807) is 30.3 Å². The molecule has 0 aliphatic heterocycles. The fourth-order valence-electron chi connectivity index (χ4n) is 1.99. The second-order valence-electron chi connectivity index (χ2n) is 4.93. The molecular formula is C15H10F3N5O2. The molecule has 25 heavy (non-hydrogen) atoms. The molecule has 0 atom stereocenters. The number of aromatic nitrogens is 4. The lowest BCUT2D eigenvalue weighted by Crippen LogP contribution is -2.22. The molecule has 0 saturated heterocycles. The first-order chi connectivity index (χ1) is 11.8. The number of para-hydroxylation sites is 1. The molecule has 0 saturated carbocycles. The van der Waals surface area contributed by atoms with Gasteiger partial charge in [-0.25, -0.2) is 9.67 Å². The number of halogens is 3. The molecule has 2 aromatic heterocycles. The predicted octanol–water partition coefficient (Wildman–Crippen LogP) is 2.23. The largest absolute Gasteiger partial charge is 0.417 e. The highest BCUT2D eigenvalue weighted by Crippen LogP contribution is 2.29. The summed E-state index contributed by atoms with van der Waals surface area (Å²) in [5.74, 6) is -1.19. The molecule has 0 bridgehead atoms. The standard InChI is InChI=1S/C15H10F3N5O2/c16-15(17,18)9-6-11(13(24)19-7-9)21-14(25)12-20-8-23(22-12)10-4-2-1-3-5-10/h1-8H,(H,19,24)(H,21,25). The Hall–Kier alpha value is -3.43. The van der Waals surface area contributed by atoms with Crippen LogP contribution in [0.4, 0.5) is 18.9 Å². The quantitative estimate of drug-likeness (QED) is 0.758. The average molecular weight is 349 g/mol. The van der Waals surface area contributed by atoms with E-state index in [0.29, 0.717) is 18.0 Å². The average Bonchev–Trinajstić information content (AvgIpc) is 3.07. The van der Waals surface area contributed by atoms with Gasteiger partial charge in [-0.3, -0.25) is 9.59 Å². The Labute approximate surface area is 138 Å². The highest BCUT2D eigenvalue weighted by Gasteiger charge is 2.31. The molecule has 0 radical (unpaired) electrons. The second kappa shape index (κ2) is 6.23. The summed E-state index contributed by atoms with van der Waals surface area (Å²) in [4.78, 5) is 29.4. The van der Waals surface area contributed by atoms with Gasteiger partial charge in [0.25, 0.3) is 11.5 Å². The Morgan fingerprint density at radius 1 is 1.20 bits per heavy atom. The number of amides is 1. The van der Waals surface area contributed by atoms with Gasteiger partial charge in [-0.2, -0.15) is 13.2 Å². The Balaban J connectivity index is 1.84. The third-order valence-corrected chi connectivity index (χ3v) is 3.19. The molecule has 1 aromatic carbocycles. The zero-order valence-electron chi connectivity index (χ0n) is 12.4. The molecule has 3 aromatic rings. The summed E-state index contributed by atoms with van der Waals surface area (Å²) in [6.45, 7) is 0. The highest BCUT2D eigenvalue weighted by atomic mass is 19.4. The molecule has 2 heterocycles. The minimum absolute atomic E-state index is 0.291. The molecular weight excluding hydrogens is 339 g/mol. The van der Waals surface area contributed by atoms with Crippen LogP contribution in [0, 0.1) is 0 Å². The number of carbonyl (C=O) groups excluding carboxylic acids is 1. The first-order valence-electron chi connectivity index (χ1n) is 6.93. The topological polar surface area (TPSA) is 92.7 Å². The minimum Gasteiger partial charge on any atom is -0.327 e. The molecule has 0 unspecified atom stereocenters. The summed E-state index contributed by atoms with van der Waals surface area (Å²) in [7, 11) is 0. The molecule has 3 rings (SSSR count). The molecule has 0 aliphatic carbocycles. The lowest BCUT2D eigenvalue weighted by molar-refractivity contribution is -0.137. The SMILES string of the molecule is O=C(Nc1cc(C(F)(F)F)c[nH]c1=O)c1ncn(-c2ccccc2)n1. The van der Waals surface area contributed by atoms with Crippen LogP contribution in [0.2, 0.25) is 0 Å². The molecule has 1 amide bonds. The first-order valence-corrected chi connectivity index (χ1v) is 6.93. The van der Waals surface area contributed by atoms with Crippen molar-refractivity contribution in [3.8, 4) is 5.69 Å². The normalized spacial score (nSPS) is 11.3. The second-order valence-corrected chi connectivity index (χ2v) is 4.93. The van der Waals surface area contributed by atoms with Gasteiger partial charge >= 0.3 is 6.18 Å². The molecule has 7 nitrogen and oxygen atoms in total. The van der Waals surface area contributed by atoms with E-state index in [0.717, 1.165) is 0 Å². The molecule has 0 aliphatic rings. The van der Waals surface area contributed by atoms with Crippen LogP contribution < -0.4 is 10.9 Å². The van der Waals surface area contributed by atoms with Crippen molar-refractivity contribution in [2.24, 2.45) is 0 Å². The Morgan fingerprint density at radius 3 is 2.60 bits per heavy atom. The van der Waals surface area contributed by atoms with Crippen LogP contribution >= 0.6 is 0 Å². The van der Waals surface area contributed by atoms with Crippen molar-refractivity contribution < 1.29 is 18.0 Å². The third kappa shape index (κ3) is 3.57. The fourth-order valence-corrected chi connectivity index (χ4v) is 1.99. The van der Waals surface area contributed by atoms with Crippen molar-refractivity contribution in [2.45, 2.75) is 6.18 Å². The van der Waals surface area contributed by atoms with Crippen LogP contribution in [0.15, 0.2) is 53.7 Å². The Bertz CT molecular complexity index is 963. The van der Waals surface area contributed by atoms with Crippen molar-refractivity contribution in [1.29, 1.82) is 0 Å². The highest BCUT2D eigenvalue weighted by molar-refractivity contribution is 6.01. The maximum Gasteiger partial charge on any atom is 0.417 e. The van der Waals surface area contributed by atoms with E-state index < -0.39 is 28.9 Å². The minimum atomic E-state index is -4.66. The Kier molecular flexibility index (Phi) is 4.09. The fraction of sp³-hybridized carbons (Fsp3) is 0.0667. The van der Waals surface area contributed by atoms with Crippen molar-refractivity contribution in [2.75, 3.05) is 5.32 Å². The number of alkyl halides is 3. The molecule has 10 heteroatoms. The van der Waals surface area contributed by atoms with E-state index in [2.05, 4.69) is 15.4 Å². The lowest BCUT2D eigenvalue weighted by Gasteiger charge is -2.08. The summed E-state index contributed by atoms with van der Waals surface area (Å²) in [6.07, 6.45) is -2.85. The molecule has 128 valence electrons. The van der Waals surface area contributed by atoms with E-state index in [4.69, 9.17) is 0 Å². The van der Waals surface area contributed by atoms with Gasteiger partial charge in [0.15, 0.2) is 0 Å². The number of nitrogens with one attached hydrogen (secondary N) is 2. The third-order valence-electron chi connectivity index (χ3n) is 3.19. The van der Waals surface area contributed by atoms with E-state index >= 15 is 0 Å². The number of pyridine rings is 1. The van der Waals surface area contributed by atoms with Gasteiger partial charge in [-0.1, -0.05) is 18.2 Å². The lowest BCUT2D eigenvalue weighted by atomic mass is 10.2. The van der Waals surface area contributed by atoms with Crippen LogP contribution in [0.1, 0.15) is 16.2 Å². The zero-order valence-corrected chi connectivity index (χ0v) is 12.4. The number of benzene rings is 1. The summed E-state index contributed by atoms with van der Waals surface area (Å²) >= 11 is 0. The van der Waals surface area contributed by atoms with Crippen molar-refractivity contribution in [1.82, 2.24) is 19.7 Å². The van der Waals surface area contributed by atoms with E-state index in [-0.39, 0.29) is 5.82 Å². The van der Waals surface area contributed by atoms with Gasteiger partial charge in [-0.15, -0.1) is 5.10 Å².